The van der Waals surface area contributed by atoms with Gasteiger partial charge >= 0.3 is 0 Å². The van der Waals surface area contributed by atoms with Gasteiger partial charge in [-0.2, -0.15) is 0 Å². The summed E-state index contributed by atoms with van der Waals surface area (Å²) in [5.41, 5.74) is 5.87. The lowest BCUT2D eigenvalue weighted by atomic mass is 10.2. The van der Waals surface area contributed by atoms with E-state index >= 15 is 0 Å². The lowest BCUT2D eigenvalue weighted by Crippen LogP contribution is -2.40. The Hall–Kier alpha value is -1.59. The molecule has 0 bridgehead atoms. The number of amides is 1. The molecule has 0 aliphatic heterocycles. The Kier molecular flexibility index (Phi) is 4.28. The number of nitrogens with zero attached hydrogens (tertiary/aromatic N) is 1. The summed E-state index contributed by atoms with van der Waals surface area (Å²) in [5, 5.41) is 9.34. The van der Waals surface area contributed by atoms with E-state index in [1.807, 2.05) is 0 Å². The number of methoxy groups -OCH3 is 1. The number of rotatable bonds is 4. The first-order valence-electron chi connectivity index (χ1n) is 4.90. The van der Waals surface area contributed by atoms with E-state index in [1.54, 1.807) is 38.4 Å². The van der Waals surface area contributed by atoms with E-state index in [4.69, 9.17) is 10.5 Å². The quantitative estimate of drug-likeness (QED) is 0.753. The molecule has 1 aromatic carbocycles. The summed E-state index contributed by atoms with van der Waals surface area (Å²) in [5.74, 6) is 0.218. The van der Waals surface area contributed by atoms with E-state index in [1.165, 1.54) is 4.90 Å². The van der Waals surface area contributed by atoms with Crippen LogP contribution in [0.25, 0.3) is 0 Å². The van der Waals surface area contributed by atoms with Crippen LogP contribution in [-0.4, -0.2) is 37.8 Å². The number of ether oxygens (including phenoxy) is 1. The summed E-state index contributed by atoms with van der Waals surface area (Å²) in [7, 11) is 3.13. The minimum Gasteiger partial charge on any atom is -0.497 e. The molecule has 1 unspecified atom stereocenters. The molecule has 0 heterocycles. The third kappa shape index (κ3) is 2.71. The first-order chi connectivity index (χ1) is 7.60. The number of benzene rings is 1. The Labute approximate surface area is 94.4 Å². The van der Waals surface area contributed by atoms with Crippen LogP contribution in [0.4, 0.5) is 5.69 Å². The molecule has 88 valence electrons. The monoisotopic (exact) mass is 224 g/mol. The number of hydrogen-bond donors (Lipinski definition) is 2. The van der Waals surface area contributed by atoms with Crippen molar-refractivity contribution >= 4 is 11.6 Å². The molecule has 0 saturated heterocycles. The van der Waals surface area contributed by atoms with E-state index in [9.17, 15) is 9.90 Å². The highest BCUT2D eigenvalue weighted by atomic mass is 16.5. The summed E-state index contributed by atoms with van der Waals surface area (Å²) >= 11 is 0. The van der Waals surface area contributed by atoms with E-state index in [2.05, 4.69) is 0 Å². The molecule has 1 amide bonds. The zero-order valence-corrected chi connectivity index (χ0v) is 9.38. The van der Waals surface area contributed by atoms with E-state index < -0.39 is 12.0 Å². The number of carbonyl (C=O) groups excluding carboxylic acids is 1. The first kappa shape index (κ1) is 12.5. The number of hydrogen-bond acceptors (Lipinski definition) is 4. The highest BCUT2D eigenvalue weighted by Gasteiger charge is 2.19. The molecule has 1 atom stereocenters. The van der Waals surface area contributed by atoms with Gasteiger partial charge in [-0.1, -0.05) is 6.07 Å². The largest absolute Gasteiger partial charge is 0.497 e. The maximum absolute atomic E-state index is 11.6. The minimum atomic E-state index is -1.17. The van der Waals surface area contributed by atoms with Gasteiger partial charge in [0, 0.05) is 25.3 Å². The van der Waals surface area contributed by atoms with Gasteiger partial charge in [-0.3, -0.25) is 4.79 Å². The molecular formula is C11H16N2O3. The van der Waals surface area contributed by atoms with Gasteiger partial charge in [0.05, 0.1) is 7.11 Å². The number of likely N-dealkylation sites (N-methyl/N-ethyl adjacent to an activating group) is 1. The Balaban J connectivity index is 2.87. The van der Waals surface area contributed by atoms with Gasteiger partial charge in [-0.25, -0.2) is 0 Å². The normalized spacial score (nSPS) is 12.0. The van der Waals surface area contributed by atoms with Crippen molar-refractivity contribution < 1.29 is 14.6 Å². The molecule has 5 heteroatoms. The summed E-state index contributed by atoms with van der Waals surface area (Å²) < 4.78 is 5.05. The van der Waals surface area contributed by atoms with Crippen molar-refractivity contribution in [2.45, 2.75) is 6.10 Å². The fraction of sp³-hybridized carbons (Fsp3) is 0.364. The molecule has 0 aliphatic rings. The van der Waals surface area contributed by atoms with Crippen LogP contribution in [0.3, 0.4) is 0 Å². The zero-order valence-electron chi connectivity index (χ0n) is 9.38. The standard InChI is InChI=1S/C11H16N2O3/c1-13(11(15)10(14)7-12)8-4-3-5-9(6-8)16-2/h3-6,10,14H,7,12H2,1-2H3. The lowest BCUT2D eigenvalue weighted by Gasteiger charge is -2.20. The van der Waals surface area contributed by atoms with Crippen LogP contribution in [0.15, 0.2) is 24.3 Å². The van der Waals surface area contributed by atoms with Crippen molar-refractivity contribution in [1.29, 1.82) is 0 Å². The van der Waals surface area contributed by atoms with E-state index in [0.717, 1.165) is 0 Å². The molecule has 3 N–H and O–H groups in total. The highest BCUT2D eigenvalue weighted by Crippen LogP contribution is 2.20. The van der Waals surface area contributed by atoms with Crippen LogP contribution in [-0.2, 0) is 4.79 Å². The molecule has 1 aromatic rings. The van der Waals surface area contributed by atoms with Crippen molar-refractivity contribution in [3.05, 3.63) is 24.3 Å². The van der Waals surface area contributed by atoms with Gasteiger partial charge in [-0.05, 0) is 12.1 Å². The maximum atomic E-state index is 11.6. The zero-order chi connectivity index (χ0) is 12.1. The van der Waals surface area contributed by atoms with Gasteiger partial charge in [0.25, 0.3) is 5.91 Å². The molecule has 16 heavy (non-hydrogen) atoms. The number of aliphatic hydroxyl groups is 1. The first-order valence-corrected chi connectivity index (χ1v) is 4.90. The second-order valence-electron chi connectivity index (χ2n) is 3.35. The van der Waals surface area contributed by atoms with E-state index in [-0.39, 0.29) is 6.54 Å². The minimum absolute atomic E-state index is 0.0901. The van der Waals surface area contributed by atoms with Crippen LogP contribution < -0.4 is 15.4 Å². The van der Waals surface area contributed by atoms with Gasteiger partial charge < -0.3 is 20.5 Å². The van der Waals surface area contributed by atoms with E-state index in [0.29, 0.717) is 11.4 Å². The Morgan fingerprint density at radius 1 is 1.62 bits per heavy atom. The van der Waals surface area contributed by atoms with Gasteiger partial charge in [0.1, 0.15) is 11.9 Å². The number of nitrogens with two attached hydrogens (primary N) is 1. The van der Waals surface area contributed by atoms with Crippen LogP contribution in [0, 0.1) is 0 Å². The Morgan fingerprint density at radius 2 is 2.31 bits per heavy atom. The molecule has 0 aromatic heterocycles. The third-order valence-corrected chi connectivity index (χ3v) is 2.28. The smallest absolute Gasteiger partial charge is 0.256 e. The predicted octanol–water partition coefficient (Wildman–Crippen LogP) is -0.0224. The van der Waals surface area contributed by atoms with Gasteiger partial charge in [0.15, 0.2) is 0 Å². The fourth-order valence-corrected chi connectivity index (χ4v) is 1.27. The number of carbonyl (C=O) groups is 1. The Bertz CT molecular complexity index is 368. The van der Waals surface area contributed by atoms with Crippen LogP contribution in [0.1, 0.15) is 0 Å². The molecule has 0 saturated carbocycles. The third-order valence-electron chi connectivity index (χ3n) is 2.28. The predicted molar refractivity (Wildman–Crippen MR) is 61.5 cm³/mol. The second-order valence-corrected chi connectivity index (χ2v) is 3.35. The molecular weight excluding hydrogens is 208 g/mol. The molecule has 1 rings (SSSR count). The molecule has 0 radical (unpaired) electrons. The van der Waals surface area contributed by atoms with Crippen LogP contribution in [0.5, 0.6) is 5.75 Å². The Morgan fingerprint density at radius 3 is 2.88 bits per heavy atom. The molecule has 0 aliphatic carbocycles. The fourth-order valence-electron chi connectivity index (χ4n) is 1.27. The van der Waals surface area contributed by atoms with Crippen molar-refractivity contribution in [1.82, 2.24) is 0 Å². The SMILES string of the molecule is COc1cccc(N(C)C(=O)C(O)CN)c1. The molecule has 0 fully saturated rings. The topological polar surface area (TPSA) is 75.8 Å². The lowest BCUT2D eigenvalue weighted by molar-refractivity contribution is -0.125. The van der Waals surface area contributed by atoms with Crippen molar-refractivity contribution in [3.63, 3.8) is 0 Å². The molecule has 0 spiro atoms. The number of anilines is 1. The van der Waals surface area contributed by atoms with Crippen molar-refractivity contribution in [2.24, 2.45) is 5.73 Å². The summed E-state index contributed by atoms with van der Waals surface area (Å²) in [6.45, 7) is -0.0901. The summed E-state index contributed by atoms with van der Waals surface area (Å²) in [6, 6.07) is 7.01. The summed E-state index contributed by atoms with van der Waals surface area (Å²) in [6.07, 6.45) is -1.17. The summed E-state index contributed by atoms with van der Waals surface area (Å²) in [4.78, 5) is 13.0. The van der Waals surface area contributed by atoms with Crippen molar-refractivity contribution in [2.75, 3.05) is 25.6 Å². The van der Waals surface area contributed by atoms with Crippen LogP contribution >= 0.6 is 0 Å². The van der Waals surface area contributed by atoms with Gasteiger partial charge in [0.2, 0.25) is 0 Å². The van der Waals surface area contributed by atoms with Crippen molar-refractivity contribution in [3.8, 4) is 5.75 Å². The maximum Gasteiger partial charge on any atom is 0.256 e. The average molecular weight is 224 g/mol. The van der Waals surface area contributed by atoms with Crippen LogP contribution in [0.2, 0.25) is 0 Å². The van der Waals surface area contributed by atoms with Gasteiger partial charge in [-0.15, -0.1) is 0 Å². The molecule has 5 nitrogen and oxygen atoms in total. The second kappa shape index (κ2) is 5.48. The highest BCUT2D eigenvalue weighted by molar-refractivity contribution is 5.96. The average Bonchev–Trinajstić information content (AvgIpc) is 2.36. The number of aliphatic hydroxyl groups excluding tert-OH is 1.